The Morgan fingerprint density at radius 2 is 1.77 bits per heavy atom. The fourth-order valence-corrected chi connectivity index (χ4v) is 3.19. The Kier molecular flexibility index (Phi) is 6.41. The van der Waals surface area contributed by atoms with Gasteiger partial charge in [-0.1, -0.05) is 32.0 Å². The molecule has 0 fully saturated rings. The number of para-hydroxylation sites is 1. The molecule has 124 valence electrons. The molecule has 0 radical (unpaired) electrons. The van der Waals surface area contributed by atoms with E-state index in [9.17, 15) is 13.2 Å². The lowest BCUT2D eigenvalue weighted by Gasteiger charge is -2.26. The van der Waals surface area contributed by atoms with Gasteiger partial charge in [0.1, 0.15) is 6.54 Å². The number of nitrogens with zero attached hydrogens (tertiary/aromatic N) is 1. The van der Waals surface area contributed by atoms with E-state index >= 15 is 0 Å². The Labute approximate surface area is 133 Å². The van der Waals surface area contributed by atoms with Crippen molar-refractivity contribution < 1.29 is 17.9 Å². The van der Waals surface area contributed by atoms with Gasteiger partial charge in [0.05, 0.1) is 17.5 Å². The average molecular weight is 327 g/mol. The quantitative estimate of drug-likeness (QED) is 0.722. The van der Waals surface area contributed by atoms with Crippen molar-refractivity contribution in [1.29, 1.82) is 0 Å². The maximum atomic E-state index is 12.4. The maximum Gasteiger partial charge on any atom is 0.327 e. The summed E-state index contributed by atoms with van der Waals surface area (Å²) in [6.07, 6.45) is -0.279. The van der Waals surface area contributed by atoms with Crippen LogP contribution in [0.2, 0.25) is 0 Å². The van der Waals surface area contributed by atoms with Gasteiger partial charge in [0.25, 0.3) is 0 Å². The molecule has 0 heterocycles. The van der Waals surface area contributed by atoms with Crippen LogP contribution in [0.5, 0.6) is 0 Å². The highest BCUT2D eigenvalue weighted by molar-refractivity contribution is 7.92. The summed E-state index contributed by atoms with van der Waals surface area (Å²) in [6.45, 7) is 8.70. The molecule has 0 aliphatic heterocycles. The Balaban J connectivity index is 3.26. The largest absolute Gasteiger partial charge is 0.462 e. The molecule has 0 bridgehead atoms. The van der Waals surface area contributed by atoms with Crippen LogP contribution in [0.1, 0.15) is 46.1 Å². The summed E-state index contributed by atoms with van der Waals surface area (Å²) < 4.78 is 31.1. The molecule has 0 saturated heterocycles. The van der Waals surface area contributed by atoms with Gasteiger partial charge in [-0.25, -0.2) is 8.42 Å². The summed E-state index contributed by atoms with van der Waals surface area (Å²) in [5.41, 5.74) is 1.43. The number of hydrogen-bond donors (Lipinski definition) is 0. The topological polar surface area (TPSA) is 63.7 Å². The molecule has 0 aliphatic rings. The van der Waals surface area contributed by atoms with Gasteiger partial charge in [0.2, 0.25) is 10.0 Å². The van der Waals surface area contributed by atoms with Gasteiger partial charge in [-0.2, -0.15) is 0 Å². The number of hydrogen-bond acceptors (Lipinski definition) is 4. The summed E-state index contributed by atoms with van der Waals surface area (Å²) >= 11 is 0. The van der Waals surface area contributed by atoms with Crippen LogP contribution >= 0.6 is 0 Å². The van der Waals surface area contributed by atoms with Crippen molar-refractivity contribution in [2.24, 2.45) is 0 Å². The predicted octanol–water partition coefficient (Wildman–Crippen LogP) is 2.92. The van der Waals surface area contributed by atoms with Crippen molar-refractivity contribution in [3.63, 3.8) is 0 Å². The first kappa shape index (κ1) is 18.5. The van der Waals surface area contributed by atoms with Crippen molar-refractivity contribution in [1.82, 2.24) is 0 Å². The van der Waals surface area contributed by atoms with E-state index in [4.69, 9.17) is 4.74 Å². The zero-order valence-electron chi connectivity index (χ0n) is 13.9. The molecular formula is C16H25NO4S. The van der Waals surface area contributed by atoms with Gasteiger partial charge in [-0.3, -0.25) is 9.10 Å². The molecule has 0 saturated carbocycles. The second-order valence-electron chi connectivity index (χ2n) is 5.66. The Hall–Kier alpha value is -1.56. The first-order valence-corrected chi connectivity index (χ1v) is 9.08. The second-order valence-corrected chi connectivity index (χ2v) is 7.84. The smallest absolute Gasteiger partial charge is 0.327 e. The second kappa shape index (κ2) is 7.63. The van der Waals surface area contributed by atoms with Crippen LogP contribution in [0.3, 0.4) is 0 Å². The molecule has 0 aromatic heterocycles. The Bertz CT molecular complexity index is 608. The zero-order valence-corrected chi connectivity index (χ0v) is 14.7. The van der Waals surface area contributed by atoms with E-state index < -0.39 is 16.0 Å². The summed E-state index contributed by atoms with van der Waals surface area (Å²) in [7, 11) is -3.57. The van der Waals surface area contributed by atoms with Crippen molar-refractivity contribution >= 4 is 21.7 Å². The minimum atomic E-state index is -3.57. The molecule has 0 amide bonds. The number of ether oxygens (including phenoxy) is 1. The molecule has 0 spiro atoms. The van der Waals surface area contributed by atoms with Gasteiger partial charge in [-0.15, -0.1) is 0 Å². The van der Waals surface area contributed by atoms with Crippen LogP contribution in [-0.2, 0) is 19.6 Å². The van der Waals surface area contributed by atoms with E-state index in [2.05, 4.69) is 0 Å². The van der Waals surface area contributed by atoms with Crippen LogP contribution in [-0.4, -0.2) is 32.8 Å². The standard InChI is InChI=1S/C16H25NO4S/c1-6-22(19,20)17(11-16(18)21-13(4)5)15-10-8-7-9-14(15)12(2)3/h7-10,12-13H,6,11H2,1-5H3. The lowest BCUT2D eigenvalue weighted by molar-refractivity contribution is -0.145. The fraction of sp³-hybridized carbons (Fsp3) is 0.562. The van der Waals surface area contributed by atoms with Gasteiger partial charge in [-0.05, 0) is 38.3 Å². The van der Waals surface area contributed by atoms with E-state index in [1.54, 1.807) is 32.9 Å². The molecule has 1 aromatic carbocycles. The summed E-state index contributed by atoms with van der Waals surface area (Å²) in [4.78, 5) is 12.0. The Morgan fingerprint density at radius 3 is 2.27 bits per heavy atom. The van der Waals surface area contributed by atoms with Crippen LogP contribution < -0.4 is 4.31 Å². The lowest BCUT2D eigenvalue weighted by atomic mass is 10.0. The van der Waals surface area contributed by atoms with Crippen molar-refractivity contribution in [2.45, 2.75) is 46.6 Å². The van der Waals surface area contributed by atoms with Crippen LogP contribution in [0.25, 0.3) is 0 Å². The van der Waals surface area contributed by atoms with Gasteiger partial charge in [0, 0.05) is 0 Å². The number of anilines is 1. The molecule has 0 atom stereocenters. The number of carbonyl (C=O) groups excluding carboxylic acids is 1. The maximum absolute atomic E-state index is 12.4. The molecule has 0 N–H and O–H groups in total. The number of esters is 1. The summed E-state index contributed by atoms with van der Waals surface area (Å²) in [5.74, 6) is -0.480. The van der Waals surface area contributed by atoms with E-state index in [1.165, 1.54) is 0 Å². The number of sulfonamides is 1. The van der Waals surface area contributed by atoms with Crippen molar-refractivity contribution in [3.05, 3.63) is 29.8 Å². The molecular weight excluding hydrogens is 302 g/mol. The number of carbonyl (C=O) groups is 1. The van der Waals surface area contributed by atoms with E-state index in [-0.39, 0.29) is 24.3 Å². The normalized spacial score (nSPS) is 11.8. The lowest BCUT2D eigenvalue weighted by Crippen LogP contribution is -2.38. The van der Waals surface area contributed by atoms with Crippen LogP contribution in [0, 0.1) is 0 Å². The molecule has 5 nitrogen and oxygen atoms in total. The number of benzene rings is 1. The molecule has 0 unspecified atom stereocenters. The summed E-state index contributed by atoms with van der Waals surface area (Å²) in [5, 5.41) is 0. The number of rotatable bonds is 7. The van der Waals surface area contributed by atoms with Crippen molar-refractivity contribution in [3.8, 4) is 0 Å². The fourth-order valence-electron chi connectivity index (χ4n) is 2.11. The molecule has 6 heteroatoms. The highest BCUT2D eigenvalue weighted by Crippen LogP contribution is 2.29. The molecule has 22 heavy (non-hydrogen) atoms. The first-order chi connectivity index (χ1) is 10.2. The Morgan fingerprint density at radius 1 is 1.18 bits per heavy atom. The highest BCUT2D eigenvalue weighted by Gasteiger charge is 2.26. The van der Waals surface area contributed by atoms with Gasteiger partial charge < -0.3 is 4.74 Å². The van der Waals surface area contributed by atoms with E-state index in [1.807, 2.05) is 26.0 Å². The first-order valence-electron chi connectivity index (χ1n) is 7.47. The third-order valence-corrected chi connectivity index (χ3v) is 4.89. The molecule has 1 rings (SSSR count). The van der Waals surface area contributed by atoms with E-state index in [0.29, 0.717) is 5.69 Å². The summed E-state index contributed by atoms with van der Waals surface area (Å²) in [6, 6.07) is 7.24. The zero-order chi connectivity index (χ0) is 16.9. The van der Waals surface area contributed by atoms with E-state index in [0.717, 1.165) is 9.87 Å². The predicted molar refractivity (Wildman–Crippen MR) is 88.6 cm³/mol. The van der Waals surface area contributed by atoms with Crippen LogP contribution in [0.4, 0.5) is 5.69 Å². The van der Waals surface area contributed by atoms with Gasteiger partial charge in [0.15, 0.2) is 0 Å². The highest BCUT2D eigenvalue weighted by atomic mass is 32.2. The van der Waals surface area contributed by atoms with Crippen LogP contribution in [0.15, 0.2) is 24.3 Å². The minimum absolute atomic E-state index is 0.0750. The van der Waals surface area contributed by atoms with Crippen molar-refractivity contribution in [2.75, 3.05) is 16.6 Å². The molecule has 1 aromatic rings. The third kappa shape index (κ3) is 4.73. The SMILES string of the molecule is CCS(=O)(=O)N(CC(=O)OC(C)C)c1ccccc1C(C)C. The third-order valence-electron chi connectivity index (χ3n) is 3.17. The molecule has 0 aliphatic carbocycles. The average Bonchev–Trinajstić information content (AvgIpc) is 2.43. The monoisotopic (exact) mass is 327 g/mol. The van der Waals surface area contributed by atoms with Gasteiger partial charge >= 0.3 is 5.97 Å². The minimum Gasteiger partial charge on any atom is -0.462 e.